The van der Waals surface area contributed by atoms with Crippen molar-refractivity contribution >= 4 is 44.7 Å². The predicted molar refractivity (Wildman–Crippen MR) is 130 cm³/mol. The summed E-state index contributed by atoms with van der Waals surface area (Å²) >= 11 is 0. The third kappa shape index (κ3) is 2.96. The largest absolute Gasteiger partial charge is 0.496 e. The smallest absolute Gasteiger partial charge is 0.195 e. The standard InChI is InChI=1S/C26H21N5O3/c1-13-23(14(2)34-31-13)18-10-20-17(11-21(18)33-3)24-25(29-22(12-32)30-26(24)28-20)16-8-9-27-19-7-5-4-6-15(16)19/h4-13,31H,1-3H3,(H,28,29,30). The number of carbonyl (C=O) groups is 1. The molecule has 0 saturated carbocycles. The molecule has 1 unspecified atom stereocenters. The number of rotatable bonds is 4. The number of hydrogen-bond acceptors (Lipinski definition) is 7. The number of benzene rings is 2. The van der Waals surface area contributed by atoms with Gasteiger partial charge in [0, 0.05) is 39.2 Å². The van der Waals surface area contributed by atoms with Gasteiger partial charge < -0.3 is 14.6 Å². The Morgan fingerprint density at radius 3 is 2.71 bits per heavy atom. The van der Waals surface area contributed by atoms with Gasteiger partial charge in [-0.3, -0.25) is 9.78 Å². The van der Waals surface area contributed by atoms with E-state index in [2.05, 4.69) is 25.4 Å². The van der Waals surface area contributed by atoms with Crippen LogP contribution in [0, 0.1) is 0 Å². The zero-order chi connectivity index (χ0) is 23.4. The first-order chi connectivity index (χ1) is 16.6. The van der Waals surface area contributed by atoms with Crippen LogP contribution in [0.25, 0.3) is 49.7 Å². The number of pyridine rings is 1. The van der Waals surface area contributed by atoms with Crippen LogP contribution in [0.1, 0.15) is 30.0 Å². The summed E-state index contributed by atoms with van der Waals surface area (Å²) in [5.74, 6) is 1.63. The van der Waals surface area contributed by atoms with Gasteiger partial charge in [0.2, 0.25) is 0 Å². The summed E-state index contributed by atoms with van der Waals surface area (Å²) in [5.41, 5.74) is 8.80. The molecule has 1 aliphatic heterocycles. The van der Waals surface area contributed by atoms with Gasteiger partial charge in [-0.15, -0.1) is 5.48 Å². The molecule has 8 heteroatoms. The van der Waals surface area contributed by atoms with Gasteiger partial charge in [-0.2, -0.15) is 0 Å². The van der Waals surface area contributed by atoms with E-state index in [-0.39, 0.29) is 11.9 Å². The highest BCUT2D eigenvalue weighted by Crippen LogP contribution is 2.41. The number of hydrogen-bond donors (Lipinski definition) is 2. The molecule has 168 valence electrons. The van der Waals surface area contributed by atoms with Gasteiger partial charge in [0.15, 0.2) is 12.1 Å². The lowest BCUT2D eigenvalue weighted by molar-refractivity contribution is 0.111. The van der Waals surface area contributed by atoms with Gasteiger partial charge in [-0.05, 0) is 38.1 Å². The van der Waals surface area contributed by atoms with E-state index in [0.717, 1.165) is 49.7 Å². The number of carbonyl (C=O) groups excluding carboxylic acids is 1. The fourth-order valence-electron chi connectivity index (χ4n) is 4.79. The molecule has 0 amide bonds. The van der Waals surface area contributed by atoms with Crippen LogP contribution in [-0.2, 0) is 4.84 Å². The van der Waals surface area contributed by atoms with Crippen molar-refractivity contribution in [3.8, 4) is 17.0 Å². The Kier molecular flexibility index (Phi) is 4.56. The Morgan fingerprint density at radius 2 is 1.94 bits per heavy atom. The number of fused-ring (bicyclic) bond motifs is 4. The highest BCUT2D eigenvalue weighted by Gasteiger charge is 2.27. The van der Waals surface area contributed by atoms with Crippen molar-refractivity contribution < 1.29 is 14.4 Å². The summed E-state index contributed by atoms with van der Waals surface area (Å²) in [4.78, 5) is 34.2. The molecule has 0 bridgehead atoms. The van der Waals surface area contributed by atoms with Crippen LogP contribution in [0.2, 0.25) is 0 Å². The minimum Gasteiger partial charge on any atom is -0.496 e. The van der Waals surface area contributed by atoms with Crippen molar-refractivity contribution in [3.05, 3.63) is 65.8 Å². The third-order valence-corrected chi connectivity index (χ3v) is 6.29. The average Bonchev–Trinajstić information content (AvgIpc) is 3.40. The van der Waals surface area contributed by atoms with Crippen LogP contribution in [0.3, 0.4) is 0 Å². The van der Waals surface area contributed by atoms with E-state index >= 15 is 0 Å². The highest BCUT2D eigenvalue weighted by atomic mass is 16.7. The minimum absolute atomic E-state index is 0.0101. The number of methoxy groups -OCH3 is 1. The predicted octanol–water partition coefficient (Wildman–Crippen LogP) is 4.80. The second kappa shape index (κ2) is 7.64. The summed E-state index contributed by atoms with van der Waals surface area (Å²) in [5, 5.41) is 2.67. The van der Waals surface area contributed by atoms with Crippen molar-refractivity contribution in [2.45, 2.75) is 19.9 Å². The molecule has 8 nitrogen and oxygen atoms in total. The number of aromatic nitrogens is 4. The van der Waals surface area contributed by atoms with Crippen LogP contribution in [0.15, 0.2) is 54.4 Å². The number of nitrogens with zero attached hydrogens (tertiary/aromatic N) is 3. The molecular weight excluding hydrogens is 430 g/mol. The zero-order valence-electron chi connectivity index (χ0n) is 18.8. The van der Waals surface area contributed by atoms with Gasteiger partial charge in [0.1, 0.15) is 17.2 Å². The molecule has 1 aliphatic rings. The number of nitrogens with one attached hydrogen (secondary N) is 2. The molecule has 34 heavy (non-hydrogen) atoms. The third-order valence-electron chi connectivity index (χ3n) is 6.29. The molecule has 0 fully saturated rings. The van der Waals surface area contributed by atoms with E-state index in [9.17, 15) is 4.79 Å². The normalized spacial score (nSPS) is 15.9. The first kappa shape index (κ1) is 20.3. The second-order valence-corrected chi connectivity index (χ2v) is 8.28. The van der Waals surface area contributed by atoms with E-state index in [4.69, 9.17) is 9.57 Å². The molecular formula is C26H21N5O3. The van der Waals surface area contributed by atoms with Gasteiger partial charge >= 0.3 is 0 Å². The molecule has 1 atom stereocenters. The van der Waals surface area contributed by atoms with Crippen LogP contribution in [-0.4, -0.2) is 39.4 Å². The Bertz CT molecular complexity index is 1650. The lowest BCUT2D eigenvalue weighted by atomic mass is 9.96. The van der Waals surface area contributed by atoms with Crippen molar-refractivity contribution in [1.82, 2.24) is 25.4 Å². The Labute approximate surface area is 194 Å². The van der Waals surface area contributed by atoms with E-state index in [1.54, 1.807) is 13.3 Å². The molecule has 2 aromatic carbocycles. The van der Waals surface area contributed by atoms with Crippen LogP contribution in [0.5, 0.6) is 5.75 Å². The van der Waals surface area contributed by atoms with Crippen LogP contribution < -0.4 is 10.2 Å². The van der Waals surface area contributed by atoms with Gasteiger partial charge in [-0.1, -0.05) is 18.2 Å². The SMILES string of the molecule is COc1cc2c(cc1C1=C(C)ONC1C)[nH]c1nc(C=O)nc(-c3ccnc4ccccc34)c12. The maximum Gasteiger partial charge on any atom is 0.195 e. The molecule has 4 heterocycles. The lowest BCUT2D eigenvalue weighted by Gasteiger charge is -2.13. The fourth-order valence-corrected chi connectivity index (χ4v) is 4.79. The van der Waals surface area contributed by atoms with Crippen molar-refractivity contribution in [2.24, 2.45) is 0 Å². The number of aldehydes is 1. The molecule has 6 rings (SSSR count). The molecule has 2 N–H and O–H groups in total. The molecule has 5 aromatic rings. The van der Waals surface area contributed by atoms with Gasteiger partial charge in [-0.25, -0.2) is 9.97 Å². The number of ether oxygens (including phenoxy) is 1. The summed E-state index contributed by atoms with van der Waals surface area (Å²) in [7, 11) is 1.65. The number of hydroxylamine groups is 1. The minimum atomic E-state index is 0.0101. The summed E-state index contributed by atoms with van der Waals surface area (Å²) in [6.45, 7) is 3.96. The fraction of sp³-hybridized carbons (Fsp3) is 0.154. The zero-order valence-corrected chi connectivity index (χ0v) is 18.8. The summed E-state index contributed by atoms with van der Waals surface area (Å²) in [6, 6.07) is 13.8. The van der Waals surface area contributed by atoms with E-state index in [1.807, 2.05) is 56.3 Å². The van der Waals surface area contributed by atoms with E-state index in [0.29, 0.717) is 23.4 Å². The second-order valence-electron chi connectivity index (χ2n) is 8.28. The molecule has 0 radical (unpaired) electrons. The van der Waals surface area contributed by atoms with Crippen molar-refractivity contribution in [3.63, 3.8) is 0 Å². The molecule has 0 saturated heterocycles. The molecule has 0 spiro atoms. The highest BCUT2D eigenvalue weighted by molar-refractivity contribution is 6.15. The van der Waals surface area contributed by atoms with Gasteiger partial charge in [0.05, 0.1) is 29.7 Å². The average molecular weight is 451 g/mol. The Balaban J connectivity index is 1.71. The van der Waals surface area contributed by atoms with Crippen LogP contribution in [0.4, 0.5) is 0 Å². The topological polar surface area (TPSA) is 102 Å². The van der Waals surface area contributed by atoms with Crippen molar-refractivity contribution in [2.75, 3.05) is 7.11 Å². The Hall–Kier alpha value is -4.30. The number of allylic oxidation sites excluding steroid dienone is 1. The first-order valence-corrected chi connectivity index (χ1v) is 10.9. The molecule has 3 aromatic heterocycles. The monoisotopic (exact) mass is 451 g/mol. The van der Waals surface area contributed by atoms with Gasteiger partial charge in [0.25, 0.3) is 0 Å². The number of para-hydroxylation sites is 1. The summed E-state index contributed by atoms with van der Waals surface area (Å²) in [6.07, 6.45) is 2.42. The van der Waals surface area contributed by atoms with Crippen LogP contribution >= 0.6 is 0 Å². The first-order valence-electron chi connectivity index (χ1n) is 10.9. The Morgan fingerprint density at radius 1 is 1.09 bits per heavy atom. The maximum atomic E-state index is 11.7. The quantitative estimate of drug-likeness (QED) is 0.378. The number of aromatic amines is 1. The summed E-state index contributed by atoms with van der Waals surface area (Å²) < 4.78 is 5.80. The maximum absolute atomic E-state index is 11.7. The lowest BCUT2D eigenvalue weighted by Crippen LogP contribution is -2.19. The van der Waals surface area contributed by atoms with Crippen molar-refractivity contribution in [1.29, 1.82) is 0 Å². The molecule has 0 aliphatic carbocycles. The van der Waals surface area contributed by atoms with E-state index in [1.165, 1.54) is 0 Å². The number of H-pyrrole nitrogens is 1. The van der Waals surface area contributed by atoms with E-state index < -0.39 is 0 Å².